The quantitative estimate of drug-likeness (QED) is 0.171. The molecular weight excluding hydrogens is 644 g/mol. The van der Waals surface area contributed by atoms with Crippen molar-refractivity contribution >= 4 is 66.3 Å². The number of ether oxygens (including phenoxy) is 1. The molecule has 13 heteroatoms. The van der Waals surface area contributed by atoms with Gasteiger partial charge in [0.1, 0.15) is 23.8 Å². The number of hydrogen-bond acceptors (Lipinski definition) is 8. The lowest BCUT2D eigenvalue weighted by molar-refractivity contribution is -0.128. The normalized spacial score (nSPS) is 20.9. The highest BCUT2D eigenvalue weighted by Gasteiger charge is 2.45. The van der Waals surface area contributed by atoms with E-state index in [-0.39, 0.29) is 72.0 Å². The van der Waals surface area contributed by atoms with Crippen LogP contribution in [-0.2, 0) is 4.79 Å². The van der Waals surface area contributed by atoms with Crippen LogP contribution in [0.1, 0.15) is 39.5 Å². The van der Waals surface area contributed by atoms with Crippen LogP contribution in [0.5, 0.6) is 6.01 Å². The van der Waals surface area contributed by atoms with Gasteiger partial charge in [0.2, 0.25) is 11.6 Å². The summed E-state index contributed by atoms with van der Waals surface area (Å²) in [4.78, 5) is 31.9. The van der Waals surface area contributed by atoms with Crippen molar-refractivity contribution in [2.45, 2.75) is 57.2 Å². The number of halogens is 3. The van der Waals surface area contributed by atoms with Crippen molar-refractivity contribution in [3.8, 4) is 17.1 Å². The number of nitrogens with zero attached hydrogens (tertiary/aromatic N) is 6. The minimum atomic E-state index is -0.739. The summed E-state index contributed by atoms with van der Waals surface area (Å²) in [5.41, 5.74) is 6.28. The molecule has 2 aromatic carbocycles. The fourth-order valence-electron chi connectivity index (χ4n) is 7.69. The first-order valence-corrected chi connectivity index (χ1v) is 16.9. The first-order chi connectivity index (χ1) is 22.6. The highest BCUT2D eigenvalue weighted by molar-refractivity contribution is 7.23. The van der Waals surface area contributed by atoms with E-state index < -0.39 is 11.6 Å². The zero-order chi connectivity index (χ0) is 33.2. The van der Waals surface area contributed by atoms with Crippen molar-refractivity contribution < 1.29 is 18.3 Å². The molecule has 7 rings (SSSR count). The molecule has 0 unspecified atom stereocenters. The number of hydrogen-bond donors (Lipinski definition) is 1. The van der Waals surface area contributed by atoms with Gasteiger partial charge < -0.3 is 20.3 Å². The van der Waals surface area contributed by atoms with Crippen LogP contribution in [0, 0.1) is 18.2 Å². The molecule has 5 heterocycles. The highest BCUT2D eigenvalue weighted by atomic mass is 35.5. The molecule has 0 bridgehead atoms. The number of thiophene rings is 1. The van der Waals surface area contributed by atoms with Crippen molar-refractivity contribution in [1.82, 2.24) is 19.8 Å². The minimum Gasteiger partial charge on any atom is -0.461 e. The van der Waals surface area contributed by atoms with Gasteiger partial charge in [-0.15, -0.1) is 11.3 Å². The van der Waals surface area contributed by atoms with E-state index in [1.807, 2.05) is 18.7 Å². The predicted octanol–water partition coefficient (Wildman–Crippen LogP) is 7.19. The second kappa shape index (κ2) is 11.9. The van der Waals surface area contributed by atoms with Crippen LogP contribution in [-0.4, -0.2) is 76.1 Å². The summed E-state index contributed by atoms with van der Waals surface area (Å²) in [5, 5.41) is 0.778. The third-order valence-corrected chi connectivity index (χ3v) is 11.3. The van der Waals surface area contributed by atoms with Gasteiger partial charge in [-0.25, -0.2) is 13.6 Å². The van der Waals surface area contributed by atoms with Gasteiger partial charge in [0.15, 0.2) is 5.82 Å². The van der Waals surface area contributed by atoms with Crippen LogP contribution in [0.4, 0.5) is 25.3 Å². The smallest absolute Gasteiger partial charge is 0.319 e. The highest BCUT2D eigenvalue weighted by Crippen LogP contribution is 2.49. The second-order valence-corrected chi connectivity index (χ2v) is 14.2. The number of carbonyl (C=O) groups excluding carboxylic acids is 1. The lowest BCUT2D eigenvalue weighted by Gasteiger charge is -2.44. The SMILES string of the molecule is [C-]#[N+]c1c(N)sc2c(F)ccc(-c3c(Cl)cc4c(N5C[C@@H](C)N(C(=O)C=C)C[C@@H]5C)nc(OCC56CCCN5CCC6)nc4c3F)c12. The zero-order valence-corrected chi connectivity index (χ0v) is 27.7. The fraction of sp³-hybridized carbons (Fsp3) is 0.412. The lowest BCUT2D eigenvalue weighted by Crippen LogP contribution is -2.58. The van der Waals surface area contributed by atoms with E-state index in [2.05, 4.69) is 21.3 Å². The van der Waals surface area contributed by atoms with Crippen molar-refractivity contribution in [3.05, 3.63) is 58.9 Å². The second-order valence-electron chi connectivity index (χ2n) is 12.8. The van der Waals surface area contributed by atoms with Crippen LogP contribution in [0.15, 0.2) is 30.9 Å². The van der Waals surface area contributed by atoms with Gasteiger partial charge >= 0.3 is 6.01 Å². The average Bonchev–Trinajstić information content (AvgIpc) is 3.74. The van der Waals surface area contributed by atoms with Crippen molar-refractivity contribution in [2.24, 2.45) is 0 Å². The number of nitrogen functional groups attached to an aromatic ring is 1. The molecule has 47 heavy (non-hydrogen) atoms. The number of piperazine rings is 1. The molecule has 0 radical (unpaired) electrons. The molecular formula is C34H34ClF2N7O2S. The Balaban J connectivity index is 1.40. The Kier molecular flexibility index (Phi) is 7.97. The summed E-state index contributed by atoms with van der Waals surface area (Å²) >= 11 is 7.82. The number of nitrogens with two attached hydrogens (primary N) is 1. The Morgan fingerprint density at radius 3 is 2.68 bits per heavy atom. The summed E-state index contributed by atoms with van der Waals surface area (Å²) in [6.45, 7) is 18.5. The molecule has 244 valence electrons. The monoisotopic (exact) mass is 677 g/mol. The van der Waals surface area contributed by atoms with Crippen LogP contribution < -0.4 is 15.4 Å². The first-order valence-electron chi connectivity index (χ1n) is 15.7. The summed E-state index contributed by atoms with van der Waals surface area (Å²) in [5.74, 6) is -1.01. The van der Waals surface area contributed by atoms with E-state index >= 15 is 4.39 Å². The molecule has 2 atom stereocenters. The van der Waals surface area contributed by atoms with E-state index in [1.165, 1.54) is 18.2 Å². The van der Waals surface area contributed by atoms with Gasteiger partial charge in [0.05, 0.1) is 26.8 Å². The molecule has 9 nitrogen and oxygen atoms in total. The Morgan fingerprint density at radius 2 is 1.98 bits per heavy atom. The Bertz CT molecular complexity index is 1990. The van der Waals surface area contributed by atoms with E-state index in [0.717, 1.165) is 50.1 Å². The molecule has 3 aliphatic rings. The van der Waals surface area contributed by atoms with Crippen molar-refractivity contribution in [2.75, 3.05) is 43.4 Å². The van der Waals surface area contributed by atoms with E-state index in [1.54, 1.807) is 11.0 Å². The molecule has 0 aliphatic carbocycles. The maximum atomic E-state index is 17.0. The fourth-order valence-corrected chi connectivity index (χ4v) is 8.92. The number of benzene rings is 2. The van der Waals surface area contributed by atoms with Gasteiger partial charge in [0.25, 0.3) is 0 Å². The lowest BCUT2D eigenvalue weighted by atomic mass is 9.95. The maximum absolute atomic E-state index is 17.0. The van der Waals surface area contributed by atoms with Crippen molar-refractivity contribution in [1.29, 1.82) is 0 Å². The Labute approximate surface area is 280 Å². The standard InChI is InChI=1S/C34H34ClF2N7O2S/c1-5-24(45)43-15-19(3)44(16-18(43)2)32-21-14-22(35)25(20-8-9-23(36)30-26(20)29(39-4)31(38)47-30)27(37)28(21)40-33(41-32)46-17-34-10-6-12-42(34)13-7-11-34/h5,8-9,14,18-19H,1,6-7,10-13,15-17,38H2,2-3H3/t18-,19+/m1/s1. The number of anilines is 2. The largest absolute Gasteiger partial charge is 0.461 e. The summed E-state index contributed by atoms with van der Waals surface area (Å²) < 4.78 is 38.4. The van der Waals surface area contributed by atoms with Gasteiger partial charge in [-0.3, -0.25) is 9.69 Å². The van der Waals surface area contributed by atoms with E-state index in [0.29, 0.717) is 30.9 Å². The Hall–Kier alpha value is -4.05. The third-order valence-electron chi connectivity index (χ3n) is 10.0. The molecule has 0 saturated carbocycles. The molecule has 2 aromatic heterocycles. The summed E-state index contributed by atoms with van der Waals surface area (Å²) in [6, 6.07) is 3.93. The van der Waals surface area contributed by atoms with Crippen LogP contribution in [0.3, 0.4) is 0 Å². The van der Waals surface area contributed by atoms with Gasteiger partial charge in [-0.05, 0) is 76.4 Å². The maximum Gasteiger partial charge on any atom is 0.319 e. The molecule has 1 amide bonds. The summed E-state index contributed by atoms with van der Waals surface area (Å²) in [6.07, 6.45) is 5.53. The summed E-state index contributed by atoms with van der Waals surface area (Å²) in [7, 11) is 0. The zero-order valence-electron chi connectivity index (χ0n) is 26.2. The number of aromatic nitrogens is 2. The number of amides is 1. The molecule has 3 saturated heterocycles. The van der Waals surface area contributed by atoms with Crippen molar-refractivity contribution in [3.63, 3.8) is 0 Å². The predicted molar refractivity (Wildman–Crippen MR) is 182 cm³/mol. The topological polar surface area (TPSA) is 92.2 Å². The number of fused-ring (bicyclic) bond motifs is 3. The molecule has 4 aromatic rings. The van der Waals surface area contributed by atoms with E-state index in [9.17, 15) is 9.18 Å². The third kappa shape index (κ3) is 5.07. The molecule has 3 fully saturated rings. The molecule has 2 N–H and O–H groups in total. The average molecular weight is 678 g/mol. The first kappa shape index (κ1) is 31.5. The molecule has 3 aliphatic heterocycles. The number of carbonyl (C=O) groups is 1. The molecule has 0 spiro atoms. The Morgan fingerprint density at radius 1 is 1.23 bits per heavy atom. The van der Waals surface area contributed by atoms with Gasteiger partial charge in [0, 0.05) is 41.5 Å². The van der Waals surface area contributed by atoms with Gasteiger partial charge in [-0.1, -0.05) is 24.2 Å². The van der Waals surface area contributed by atoms with Gasteiger partial charge in [-0.2, -0.15) is 9.97 Å². The van der Waals surface area contributed by atoms with Crippen LogP contribution in [0.25, 0.3) is 37.0 Å². The number of rotatable bonds is 6. The minimum absolute atomic E-state index is 0.00825. The van der Waals surface area contributed by atoms with E-state index in [4.69, 9.17) is 33.6 Å². The van der Waals surface area contributed by atoms with Crippen LogP contribution in [0.2, 0.25) is 5.02 Å². The van der Waals surface area contributed by atoms with Crippen LogP contribution >= 0.6 is 22.9 Å².